The molecule has 0 amide bonds. The molecule has 1 aliphatic heterocycles. The minimum atomic E-state index is 0.423. The van der Waals surface area contributed by atoms with E-state index in [4.69, 9.17) is 9.26 Å². The molecule has 6 nitrogen and oxygen atoms in total. The number of aryl methyl sites for hydroxylation is 2. The molecule has 0 bridgehead atoms. The third-order valence-corrected chi connectivity index (χ3v) is 5.84. The number of ether oxygens (including phenoxy) is 1. The first-order chi connectivity index (χ1) is 12.7. The SMILES string of the molecule is CN=C(NCCc1c(C)noc1C)N1CCC(OCC2CCCC2)CC1. The summed E-state index contributed by atoms with van der Waals surface area (Å²) >= 11 is 0. The lowest BCUT2D eigenvalue weighted by atomic mass is 10.1. The zero-order valence-corrected chi connectivity index (χ0v) is 16.6. The molecular formula is C20H34N4O2. The highest BCUT2D eigenvalue weighted by Crippen LogP contribution is 2.26. The summed E-state index contributed by atoms with van der Waals surface area (Å²) in [6.07, 6.45) is 9.02. The lowest BCUT2D eigenvalue weighted by Crippen LogP contribution is -2.47. The largest absolute Gasteiger partial charge is 0.378 e. The Hall–Kier alpha value is -1.56. The predicted octanol–water partition coefficient (Wildman–Crippen LogP) is 3.08. The summed E-state index contributed by atoms with van der Waals surface area (Å²) in [6.45, 7) is 7.81. The fourth-order valence-electron chi connectivity index (χ4n) is 4.17. The van der Waals surface area contributed by atoms with Crippen LogP contribution in [0.1, 0.15) is 55.5 Å². The summed E-state index contributed by atoms with van der Waals surface area (Å²) in [6, 6.07) is 0. The van der Waals surface area contributed by atoms with E-state index in [0.29, 0.717) is 6.10 Å². The molecule has 146 valence electrons. The monoisotopic (exact) mass is 362 g/mol. The highest BCUT2D eigenvalue weighted by Gasteiger charge is 2.24. The average Bonchev–Trinajstić information content (AvgIpc) is 3.29. The Balaban J connectivity index is 1.38. The van der Waals surface area contributed by atoms with Crippen molar-refractivity contribution in [3.05, 3.63) is 17.0 Å². The fraction of sp³-hybridized carbons (Fsp3) is 0.800. The second-order valence-electron chi connectivity index (χ2n) is 7.70. The van der Waals surface area contributed by atoms with Crippen molar-refractivity contribution in [2.75, 3.05) is 33.3 Å². The molecule has 1 saturated heterocycles. The Morgan fingerprint density at radius 2 is 1.96 bits per heavy atom. The normalized spacial score (nSPS) is 20.1. The molecule has 1 aromatic heterocycles. The van der Waals surface area contributed by atoms with Gasteiger partial charge in [0.1, 0.15) is 5.76 Å². The van der Waals surface area contributed by atoms with Crippen LogP contribution in [-0.4, -0.2) is 55.4 Å². The molecule has 0 spiro atoms. The van der Waals surface area contributed by atoms with Crippen molar-refractivity contribution in [3.63, 3.8) is 0 Å². The molecule has 0 atom stereocenters. The Labute approximate surface area is 157 Å². The zero-order valence-electron chi connectivity index (χ0n) is 16.6. The van der Waals surface area contributed by atoms with E-state index < -0.39 is 0 Å². The van der Waals surface area contributed by atoms with Gasteiger partial charge in [-0.05, 0) is 51.9 Å². The van der Waals surface area contributed by atoms with Gasteiger partial charge in [-0.1, -0.05) is 18.0 Å². The van der Waals surface area contributed by atoms with E-state index in [-0.39, 0.29) is 0 Å². The maximum atomic E-state index is 6.18. The number of nitrogens with zero attached hydrogens (tertiary/aromatic N) is 3. The minimum absolute atomic E-state index is 0.423. The quantitative estimate of drug-likeness (QED) is 0.622. The first-order valence-corrected chi connectivity index (χ1v) is 10.2. The van der Waals surface area contributed by atoms with E-state index in [9.17, 15) is 0 Å². The van der Waals surface area contributed by atoms with E-state index in [2.05, 4.69) is 20.4 Å². The number of likely N-dealkylation sites (tertiary alicyclic amines) is 1. The summed E-state index contributed by atoms with van der Waals surface area (Å²) in [7, 11) is 1.86. The van der Waals surface area contributed by atoms with Gasteiger partial charge in [0, 0.05) is 38.9 Å². The third kappa shape index (κ3) is 5.00. The molecule has 2 fully saturated rings. The number of rotatable bonds is 6. The third-order valence-electron chi connectivity index (χ3n) is 5.84. The van der Waals surface area contributed by atoms with Crippen molar-refractivity contribution in [1.82, 2.24) is 15.4 Å². The minimum Gasteiger partial charge on any atom is -0.378 e. The van der Waals surface area contributed by atoms with Gasteiger partial charge in [0.25, 0.3) is 0 Å². The molecule has 0 aromatic carbocycles. The van der Waals surface area contributed by atoms with Crippen molar-refractivity contribution in [2.45, 2.75) is 64.9 Å². The van der Waals surface area contributed by atoms with Gasteiger partial charge in [-0.15, -0.1) is 0 Å². The molecule has 1 saturated carbocycles. The number of aromatic nitrogens is 1. The molecule has 2 aliphatic rings. The van der Waals surface area contributed by atoms with E-state index in [1.807, 2.05) is 20.9 Å². The molecule has 2 heterocycles. The van der Waals surface area contributed by atoms with Crippen LogP contribution >= 0.6 is 0 Å². The first-order valence-electron chi connectivity index (χ1n) is 10.2. The lowest BCUT2D eigenvalue weighted by Gasteiger charge is -2.34. The number of aliphatic imine (C=N–C) groups is 1. The second kappa shape index (κ2) is 9.40. The number of piperidine rings is 1. The highest BCUT2D eigenvalue weighted by molar-refractivity contribution is 5.80. The van der Waals surface area contributed by atoms with Gasteiger partial charge in [-0.3, -0.25) is 4.99 Å². The fourth-order valence-corrected chi connectivity index (χ4v) is 4.17. The van der Waals surface area contributed by atoms with Gasteiger partial charge < -0.3 is 19.5 Å². The molecule has 0 radical (unpaired) electrons. The maximum absolute atomic E-state index is 6.18. The van der Waals surface area contributed by atoms with Crippen LogP contribution in [0.2, 0.25) is 0 Å². The van der Waals surface area contributed by atoms with Gasteiger partial charge in [0.2, 0.25) is 0 Å². The van der Waals surface area contributed by atoms with Gasteiger partial charge in [-0.25, -0.2) is 0 Å². The van der Waals surface area contributed by atoms with Gasteiger partial charge in [0.15, 0.2) is 5.96 Å². The molecule has 0 unspecified atom stereocenters. The second-order valence-corrected chi connectivity index (χ2v) is 7.70. The standard InChI is InChI=1S/C20H34N4O2/c1-15-19(16(2)26-23-15)8-11-22-20(21-3)24-12-9-18(10-13-24)25-14-17-6-4-5-7-17/h17-18H,4-14H2,1-3H3,(H,21,22). The van der Waals surface area contributed by atoms with Crippen LogP contribution in [0, 0.1) is 19.8 Å². The molecule has 1 N–H and O–H groups in total. The van der Waals surface area contributed by atoms with Crippen molar-refractivity contribution in [1.29, 1.82) is 0 Å². The van der Waals surface area contributed by atoms with Crippen LogP contribution in [0.4, 0.5) is 0 Å². The van der Waals surface area contributed by atoms with Crippen molar-refractivity contribution >= 4 is 5.96 Å². The Kier molecular flexibility index (Phi) is 6.94. The van der Waals surface area contributed by atoms with Crippen LogP contribution in [0.25, 0.3) is 0 Å². The average molecular weight is 363 g/mol. The van der Waals surface area contributed by atoms with Gasteiger partial charge in [0.05, 0.1) is 11.8 Å². The van der Waals surface area contributed by atoms with Crippen LogP contribution in [0.15, 0.2) is 9.52 Å². The summed E-state index contributed by atoms with van der Waals surface area (Å²) in [4.78, 5) is 6.81. The van der Waals surface area contributed by atoms with Crippen molar-refractivity contribution in [2.24, 2.45) is 10.9 Å². The Bertz CT molecular complexity index is 565. The van der Waals surface area contributed by atoms with Crippen molar-refractivity contribution < 1.29 is 9.26 Å². The van der Waals surface area contributed by atoms with Crippen LogP contribution < -0.4 is 5.32 Å². The van der Waals surface area contributed by atoms with Crippen LogP contribution in [-0.2, 0) is 11.2 Å². The highest BCUT2D eigenvalue weighted by atomic mass is 16.5. The molecule has 1 aliphatic carbocycles. The lowest BCUT2D eigenvalue weighted by molar-refractivity contribution is 0.00103. The van der Waals surface area contributed by atoms with Gasteiger partial charge >= 0.3 is 0 Å². The Morgan fingerprint density at radius 3 is 2.58 bits per heavy atom. The topological polar surface area (TPSA) is 62.9 Å². The number of guanidine groups is 1. The predicted molar refractivity (Wildman–Crippen MR) is 104 cm³/mol. The van der Waals surface area contributed by atoms with Gasteiger partial charge in [-0.2, -0.15) is 0 Å². The van der Waals surface area contributed by atoms with Crippen molar-refractivity contribution in [3.8, 4) is 0 Å². The summed E-state index contributed by atoms with van der Waals surface area (Å²) < 4.78 is 11.4. The summed E-state index contributed by atoms with van der Waals surface area (Å²) in [5.41, 5.74) is 2.19. The van der Waals surface area contributed by atoms with E-state index in [1.165, 1.54) is 31.2 Å². The Morgan fingerprint density at radius 1 is 1.23 bits per heavy atom. The maximum Gasteiger partial charge on any atom is 0.193 e. The van der Waals surface area contributed by atoms with E-state index >= 15 is 0 Å². The molecule has 3 rings (SSSR count). The van der Waals surface area contributed by atoms with Crippen LogP contribution in [0.5, 0.6) is 0 Å². The zero-order chi connectivity index (χ0) is 18.4. The molecule has 26 heavy (non-hydrogen) atoms. The number of nitrogens with one attached hydrogen (secondary N) is 1. The molecule has 1 aromatic rings. The molecular weight excluding hydrogens is 328 g/mol. The molecule has 6 heteroatoms. The summed E-state index contributed by atoms with van der Waals surface area (Å²) in [5, 5.41) is 7.51. The number of hydrogen-bond acceptors (Lipinski definition) is 4. The first kappa shape index (κ1) is 19.2. The van der Waals surface area contributed by atoms with E-state index in [0.717, 1.165) is 68.8 Å². The summed E-state index contributed by atoms with van der Waals surface area (Å²) in [5.74, 6) is 2.72. The smallest absolute Gasteiger partial charge is 0.193 e. The van der Waals surface area contributed by atoms with E-state index in [1.54, 1.807) is 0 Å². The number of hydrogen-bond donors (Lipinski definition) is 1. The van der Waals surface area contributed by atoms with Crippen LogP contribution in [0.3, 0.4) is 0 Å².